The Hall–Kier alpha value is 0.547. The molecule has 2 nitrogen and oxygen atoms in total. The molecule has 0 aliphatic carbocycles. The van der Waals surface area contributed by atoms with E-state index in [9.17, 15) is 0 Å². The van der Waals surface area contributed by atoms with Crippen LogP contribution in [0.1, 0.15) is 41.5 Å². The molecule has 0 aromatic carbocycles. The van der Waals surface area contributed by atoms with Gasteiger partial charge in [0.1, 0.15) is 6.73 Å². The van der Waals surface area contributed by atoms with E-state index < -0.39 is 8.32 Å². The van der Waals surface area contributed by atoms with Crippen LogP contribution in [0.3, 0.4) is 0 Å². The predicted molar refractivity (Wildman–Crippen MR) is 88.3 cm³/mol. The van der Waals surface area contributed by atoms with Gasteiger partial charge in [-0.05, 0) is 34.6 Å². The average molecular weight is 352 g/mol. The Morgan fingerprint density at radius 1 is 1.17 bits per heavy atom. The summed E-state index contributed by atoms with van der Waals surface area (Å²) in [6.45, 7) is 14.7. The van der Waals surface area contributed by atoms with Crippen molar-refractivity contribution in [2.45, 2.75) is 62.3 Å². The molecule has 0 spiro atoms. The highest BCUT2D eigenvalue weighted by Crippen LogP contribution is 2.43. The monoisotopic (exact) mass is 351 g/mol. The van der Waals surface area contributed by atoms with E-state index in [0.29, 0.717) is 27.5 Å². The van der Waals surface area contributed by atoms with E-state index in [2.05, 4.69) is 74.1 Å². The lowest BCUT2D eigenvalue weighted by Crippen LogP contribution is -2.49. The van der Waals surface area contributed by atoms with Crippen LogP contribution in [0.25, 0.3) is 0 Å². The molecule has 5 heteroatoms. The summed E-state index contributed by atoms with van der Waals surface area (Å²) in [7, 11) is -1.72. The van der Waals surface area contributed by atoms with Crippen molar-refractivity contribution in [3.05, 3.63) is 12.3 Å². The summed E-state index contributed by atoms with van der Waals surface area (Å²) in [6, 6.07) is 0. The largest absolute Gasteiger partial charge is 0.398 e. The van der Waals surface area contributed by atoms with Gasteiger partial charge in [0.2, 0.25) is 8.32 Å². The zero-order valence-corrected chi connectivity index (χ0v) is 15.7. The van der Waals surface area contributed by atoms with Crippen molar-refractivity contribution >= 4 is 36.2 Å². The third-order valence-electron chi connectivity index (χ3n) is 3.79. The molecule has 0 aromatic heterocycles. The molecule has 18 heavy (non-hydrogen) atoms. The van der Waals surface area contributed by atoms with Crippen molar-refractivity contribution in [1.29, 1.82) is 0 Å². The predicted octanol–water partition coefficient (Wildman–Crippen LogP) is 5.33. The minimum atomic E-state index is -1.72. The lowest BCUT2D eigenvalue weighted by atomic mass is 10.5. The third kappa shape index (κ3) is 3.55. The average Bonchev–Trinajstić information content (AvgIpc) is 2.63. The molecule has 0 bridgehead atoms. The van der Waals surface area contributed by atoms with Gasteiger partial charge in [0.05, 0.1) is 4.16 Å². The molecule has 0 saturated heterocycles. The van der Waals surface area contributed by atoms with Gasteiger partial charge >= 0.3 is 0 Å². The summed E-state index contributed by atoms with van der Waals surface area (Å²) in [5.74, 6) is 0. The summed E-state index contributed by atoms with van der Waals surface area (Å²) in [5, 5.41) is 0. The molecule has 1 heterocycles. The van der Waals surface area contributed by atoms with E-state index in [1.165, 1.54) is 0 Å². The van der Waals surface area contributed by atoms with Gasteiger partial charge in [-0.3, -0.25) is 4.31 Å². The highest BCUT2D eigenvalue weighted by atomic mass is 79.9. The van der Waals surface area contributed by atoms with E-state index in [0.717, 1.165) is 0 Å². The first-order valence-electron chi connectivity index (χ1n) is 6.70. The normalized spacial score (nSPS) is 20.8. The van der Waals surface area contributed by atoms with Gasteiger partial charge in [-0.25, -0.2) is 0 Å². The van der Waals surface area contributed by atoms with Crippen LogP contribution in [0.5, 0.6) is 0 Å². The van der Waals surface area contributed by atoms with Gasteiger partial charge in [-0.2, -0.15) is 0 Å². The van der Waals surface area contributed by atoms with Gasteiger partial charge in [0, 0.05) is 6.20 Å². The van der Waals surface area contributed by atoms with Crippen LogP contribution in [0.4, 0.5) is 0 Å². The molecule has 0 amide bonds. The van der Waals surface area contributed by atoms with Crippen LogP contribution < -0.4 is 0 Å². The van der Waals surface area contributed by atoms with E-state index in [4.69, 9.17) is 4.43 Å². The standard InChI is InChI=1S/C13H26BrNOSSi/c1-10(2)18(11(3)4,12(5)6)16-9-15-8-7-13(14)17-15/h7-8,10-13H,9H2,1-6H3. The Morgan fingerprint density at radius 3 is 2.00 bits per heavy atom. The molecule has 1 aliphatic heterocycles. The van der Waals surface area contributed by atoms with Crippen molar-refractivity contribution < 1.29 is 4.43 Å². The Morgan fingerprint density at radius 2 is 1.67 bits per heavy atom. The lowest BCUT2D eigenvalue weighted by Gasteiger charge is -2.42. The Labute approximate surface area is 126 Å². The van der Waals surface area contributed by atoms with Crippen molar-refractivity contribution in [3.63, 3.8) is 0 Å². The Bertz CT molecular complexity index is 275. The number of hydrogen-bond donors (Lipinski definition) is 0. The summed E-state index contributed by atoms with van der Waals surface area (Å²) >= 11 is 5.35. The second kappa shape index (κ2) is 6.82. The Kier molecular flexibility index (Phi) is 6.29. The molecular weight excluding hydrogens is 326 g/mol. The molecular formula is C13H26BrNOSSi. The fourth-order valence-electron chi connectivity index (χ4n) is 3.11. The maximum Gasteiger partial charge on any atom is 0.202 e. The summed E-state index contributed by atoms with van der Waals surface area (Å²) in [5.41, 5.74) is 1.94. The second-order valence-corrected chi connectivity index (χ2v) is 14.0. The number of hydrogen-bond acceptors (Lipinski definition) is 3. The third-order valence-corrected chi connectivity index (χ3v) is 11.5. The summed E-state index contributed by atoms with van der Waals surface area (Å²) in [4.78, 5) is 0. The van der Waals surface area contributed by atoms with Crippen molar-refractivity contribution in [2.24, 2.45) is 0 Å². The van der Waals surface area contributed by atoms with Gasteiger partial charge in [-0.15, -0.1) is 0 Å². The first-order valence-corrected chi connectivity index (χ1v) is 10.6. The Balaban J connectivity index is 2.70. The van der Waals surface area contributed by atoms with E-state index in [-0.39, 0.29) is 0 Å². The highest BCUT2D eigenvalue weighted by molar-refractivity contribution is 9.11. The van der Waals surface area contributed by atoms with Crippen molar-refractivity contribution in [3.8, 4) is 0 Å². The minimum absolute atomic E-state index is 0.398. The highest BCUT2D eigenvalue weighted by Gasteiger charge is 2.45. The molecule has 1 atom stereocenters. The van der Waals surface area contributed by atoms with Crippen molar-refractivity contribution in [1.82, 2.24) is 4.31 Å². The molecule has 106 valence electrons. The smallest absolute Gasteiger partial charge is 0.202 e. The topological polar surface area (TPSA) is 12.5 Å². The van der Waals surface area contributed by atoms with Gasteiger partial charge in [0.15, 0.2) is 0 Å². The SMILES string of the molecule is CC(C)[Si](OCN1C=CC(Br)S1)(C(C)C)C(C)C. The van der Waals surface area contributed by atoms with Crippen LogP contribution in [-0.4, -0.2) is 23.5 Å². The molecule has 0 fully saturated rings. The van der Waals surface area contributed by atoms with Gasteiger partial charge < -0.3 is 4.43 Å². The zero-order valence-electron chi connectivity index (χ0n) is 12.3. The van der Waals surface area contributed by atoms with Crippen molar-refractivity contribution in [2.75, 3.05) is 6.73 Å². The second-order valence-electron chi connectivity index (χ2n) is 5.81. The quantitative estimate of drug-likeness (QED) is 0.364. The number of halogens is 1. The zero-order chi connectivity index (χ0) is 13.9. The van der Waals surface area contributed by atoms with Gasteiger partial charge in [-0.1, -0.05) is 57.5 Å². The van der Waals surface area contributed by atoms with Gasteiger partial charge in [0.25, 0.3) is 0 Å². The lowest BCUT2D eigenvalue weighted by molar-refractivity contribution is 0.217. The molecule has 0 saturated carbocycles. The summed E-state index contributed by atoms with van der Waals surface area (Å²) in [6.07, 6.45) is 4.27. The fourth-order valence-corrected chi connectivity index (χ4v) is 10.0. The number of nitrogens with zero attached hydrogens (tertiary/aromatic N) is 1. The van der Waals surface area contributed by atoms with E-state index in [1.54, 1.807) is 11.9 Å². The molecule has 0 radical (unpaired) electrons. The maximum absolute atomic E-state index is 6.52. The molecule has 1 rings (SSSR count). The van der Waals surface area contributed by atoms with Crippen LogP contribution >= 0.6 is 27.9 Å². The summed E-state index contributed by atoms with van der Waals surface area (Å²) < 4.78 is 9.10. The fraction of sp³-hybridized carbons (Fsp3) is 0.846. The van der Waals surface area contributed by atoms with Crippen LogP contribution in [0, 0.1) is 0 Å². The first-order chi connectivity index (χ1) is 8.30. The molecule has 0 aromatic rings. The van der Waals surface area contributed by atoms with E-state index in [1.807, 2.05) is 0 Å². The first kappa shape index (κ1) is 16.6. The maximum atomic E-state index is 6.52. The molecule has 1 unspecified atom stereocenters. The van der Waals surface area contributed by atoms with Crippen LogP contribution in [0.15, 0.2) is 12.3 Å². The molecule has 0 N–H and O–H groups in total. The van der Waals surface area contributed by atoms with E-state index >= 15 is 0 Å². The minimum Gasteiger partial charge on any atom is -0.398 e. The number of rotatable bonds is 6. The number of alkyl halides is 1. The molecule has 1 aliphatic rings. The van der Waals surface area contributed by atoms with Crippen LogP contribution in [-0.2, 0) is 4.43 Å². The van der Waals surface area contributed by atoms with Crippen LogP contribution in [0.2, 0.25) is 16.6 Å².